The lowest BCUT2D eigenvalue weighted by molar-refractivity contribution is -0.254. The van der Waals surface area contributed by atoms with Gasteiger partial charge >= 0.3 is 0 Å². The summed E-state index contributed by atoms with van der Waals surface area (Å²) in [5.41, 5.74) is 3.13. The number of fused-ring (bicyclic) bond motifs is 1. The van der Waals surface area contributed by atoms with Gasteiger partial charge in [-0.3, -0.25) is 0 Å². The smallest absolute Gasteiger partial charge is 0.136 e. The number of allylic oxidation sites excluding steroid dienone is 3. The minimum absolute atomic E-state index is 0.0702. The van der Waals surface area contributed by atoms with Crippen LogP contribution in [0.1, 0.15) is 49.7 Å². The van der Waals surface area contributed by atoms with E-state index in [1.165, 1.54) is 11.1 Å². The summed E-state index contributed by atoms with van der Waals surface area (Å²) in [5.74, 6) is -0.349. The lowest BCUT2D eigenvalue weighted by Gasteiger charge is -2.08. The minimum atomic E-state index is -1.25. The maximum atomic E-state index is 11.3. The van der Waals surface area contributed by atoms with Crippen LogP contribution in [0.15, 0.2) is 44.3 Å². The highest BCUT2D eigenvalue weighted by Gasteiger charge is 2.15. The van der Waals surface area contributed by atoms with Gasteiger partial charge in [0.15, 0.2) is 0 Å². The van der Waals surface area contributed by atoms with E-state index in [4.69, 9.17) is 9.15 Å². The maximum absolute atomic E-state index is 11.3. The Morgan fingerprint density at radius 1 is 1.28 bits per heavy atom. The van der Waals surface area contributed by atoms with E-state index in [1.54, 1.807) is 19.1 Å². The Bertz CT molecular complexity index is 839. The average Bonchev–Trinajstić information content (AvgIpc) is 2.81. The lowest BCUT2D eigenvalue weighted by atomic mass is 10.1. The zero-order valence-corrected chi connectivity index (χ0v) is 16.5. The highest BCUT2D eigenvalue weighted by atomic mass is 79.9. The van der Waals surface area contributed by atoms with Gasteiger partial charge in [-0.2, -0.15) is 0 Å². The molecule has 1 aromatic carbocycles. The van der Waals surface area contributed by atoms with Crippen molar-refractivity contribution in [2.75, 3.05) is 6.61 Å². The first-order valence-electron chi connectivity index (χ1n) is 8.15. The highest BCUT2D eigenvalue weighted by Crippen LogP contribution is 2.34. The maximum Gasteiger partial charge on any atom is 0.136 e. The molecule has 0 aliphatic rings. The predicted octanol–water partition coefficient (Wildman–Crippen LogP) is 4.94. The number of aryl methyl sites for hydroxylation is 1. The molecule has 2 rings (SSSR count). The van der Waals surface area contributed by atoms with Crippen molar-refractivity contribution in [3.8, 4) is 5.75 Å². The molecular formula is C20H22BrO4-. The molecule has 5 heteroatoms. The molecule has 1 heterocycles. The normalized spacial score (nSPS) is 11.6. The topological polar surface area (TPSA) is 62.5 Å². The number of aromatic carboxylic acids is 1. The van der Waals surface area contributed by atoms with Crippen LogP contribution in [-0.4, -0.2) is 12.6 Å². The monoisotopic (exact) mass is 405 g/mol. The first-order valence-corrected chi connectivity index (χ1v) is 8.94. The molecule has 0 fully saturated rings. The molecule has 0 radical (unpaired) electrons. The van der Waals surface area contributed by atoms with E-state index in [0.717, 1.165) is 12.8 Å². The summed E-state index contributed by atoms with van der Waals surface area (Å²) in [5, 5.41) is 11.8. The summed E-state index contributed by atoms with van der Waals surface area (Å²) in [6.07, 6.45) is 6.26. The number of halogens is 1. The molecule has 134 valence electrons. The Kier molecular flexibility index (Phi) is 6.48. The van der Waals surface area contributed by atoms with Gasteiger partial charge < -0.3 is 19.1 Å². The summed E-state index contributed by atoms with van der Waals surface area (Å²) in [4.78, 5) is 11.3. The summed E-state index contributed by atoms with van der Waals surface area (Å²) >= 11 is 3.44. The number of carboxylic acids is 1. The van der Waals surface area contributed by atoms with Crippen LogP contribution in [0.2, 0.25) is 0 Å². The Morgan fingerprint density at radius 2 is 2.00 bits per heavy atom. The fraction of sp³-hybridized carbons (Fsp3) is 0.350. The standard InChI is InChI=1S/C20H23BrO4/c1-12(2)6-5-7-13(3)8-9-24-18-10-15-17(11-16(18)21)25-14(4)19(15)20(22)23/h6,8,10-11H,5,7,9H2,1-4H3,(H,22,23)/p-1/b13-8+. The number of rotatable bonds is 7. The Morgan fingerprint density at radius 3 is 2.64 bits per heavy atom. The van der Waals surface area contributed by atoms with Crippen LogP contribution in [0, 0.1) is 6.92 Å². The summed E-state index contributed by atoms with van der Waals surface area (Å²) < 4.78 is 12.0. The van der Waals surface area contributed by atoms with Crippen LogP contribution in [0.5, 0.6) is 5.75 Å². The number of hydrogen-bond acceptors (Lipinski definition) is 4. The van der Waals surface area contributed by atoms with Gasteiger partial charge in [0.1, 0.15) is 23.7 Å². The van der Waals surface area contributed by atoms with Crippen LogP contribution in [-0.2, 0) is 0 Å². The van der Waals surface area contributed by atoms with Gasteiger partial charge in [0, 0.05) is 10.9 Å². The van der Waals surface area contributed by atoms with Crippen LogP contribution >= 0.6 is 15.9 Å². The highest BCUT2D eigenvalue weighted by molar-refractivity contribution is 9.10. The van der Waals surface area contributed by atoms with Crippen LogP contribution < -0.4 is 9.84 Å². The third kappa shape index (κ3) is 4.98. The lowest BCUT2D eigenvalue weighted by Crippen LogP contribution is -2.22. The van der Waals surface area contributed by atoms with E-state index in [0.29, 0.717) is 33.6 Å². The van der Waals surface area contributed by atoms with Gasteiger partial charge in [-0.25, -0.2) is 0 Å². The molecule has 25 heavy (non-hydrogen) atoms. The second-order valence-corrected chi connectivity index (χ2v) is 7.14. The number of furan rings is 1. The molecule has 2 aromatic rings. The molecule has 0 saturated carbocycles. The van der Waals surface area contributed by atoms with E-state index >= 15 is 0 Å². The van der Waals surface area contributed by atoms with E-state index in [1.807, 2.05) is 6.08 Å². The quantitative estimate of drug-likeness (QED) is 0.611. The van der Waals surface area contributed by atoms with Gasteiger partial charge in [-0.15, -0.1) is 0 Å². The first kappa shape index (κ1) is 19.3. The Hall–Kier alpha value is -2.01. The average molecular weight is 406 g/mol. The summed E-state index contributed by atoms with van der Waals surface area (Å²) in [6.45, 7) is 8.29. The Balaban J connectivity index is 2.13. The van der Waals surface area contributed by atoms with E-state index in [-0.39, 0.29) is 5.56 Å². The van der Waals surface area contributed by atoms with Crippen molar-refractivity contribution in [2.24, 2.45) is 0 Å². The van der Waals surface area contributed by atoms with Crippen molar-refractivity contribution in [3.63, 3.8) is 0 Å². The second-order valence-electron chi connectivity index (χ2n) is 6.28. The zero-order valence-electron chi connectivity index (χ0n) is 14.9. The van der Waals surface area contributed by atoms with Gasteiger partial charge in [-0.1, -0.05) is 17.2 Å². The molecule has 1 aromatic heterocycles. The van der Waals surface area contributed by atoms with Gasteiger partial charge in [0.2, 0.25) is 0 Å². The molecule has 0 aliphatic carbocycles. The largest absolute Gasteiger partial charge is 0.545 e. The Labute approximate surface area is 156 Å². The van der Waals surface area contributed by atoms with Crippen molar-refractivity contribution in [2.45, 2.75) is 40.5 Å². The molecule has 0 amide bonds. The van der Waals surface area contributed by atoms with Crippen molar-refractivity contribution >= 4 is 32.9 Å². The number of carbonyl (C=O) groups excluding carboxylic acids is 1. The molecule has 4 nitrogen and oxygen atoms in total. The molecule has 0 unspecified atom stereocenters. The van der Waals surface area contributed by atoms with Crippen molar-refractivity contribution in [1.29, 1.82) is 0 Å². The molecule has 0 N–H and O–H groups in total. The fourth-order valence-electron chi connectivity index (χ4n) is 2.55. The van der Waals surface area contributed by atoms with Gasteiger partial charge in [0.25, 0.3) is 0 Å². The number of carbonyl (C=O) groups is 1. The summed E-state index contributed by atoms with van der Waals surface area (Å²) in [6, 6.07) is 3.39. The van der Waals surface area contributed by atoms with E-state index in [2.05, 4.69) is 42.8 Å². The van der Waals surface area contributed by atoms with Crippen LogP contribution in [0.3, 0.4) is 0 Å². The number of benzene rings is 1. The third-order valence-corrected chi connectivity index (χ3v) is 4.50. The first-order chi connectivity index (χ1) is 11.8. The van der Waals surface area contributed by atoms with E-state index in [9.17, 15) is 9.90 Å². The number of ether oxygens (including phenoxy) is 1. The van der Waals surface area contributed by atoms with Gasteiger partial charge in [-0.05, 0) is 74.7 Å². The number of hydrogen-bond donors (Lipinski definition) is 0. The summed E-state index contributed by atoms with van der Waals surface area (Å²) in [7, 11) is 0. The molecular weight excluding hydrogens is 384 g/mol. The van der Waals surface area contributed by atoms with Gasteiger partial charge in [0.05, 0.1) is 10.4 Å². The molecule has 0 atom stereocenters. The SMILES string of the molecule is CC(C)=CCC/C(C)=C/COc1cc2c(C(=O)[O-])c(C)oc2cc1Br. The molecule has 0 saturated heterocycles. The zero-order chi connectivity index (χ0) is 18.6. The fourth-order valence-corrected chi connectivity index (χ4v) is 2.99. The van der Waals surface area contributed by atoms with Crippen LogP contribution in [0.25, 0.3) is 11.0 Å². The number of carboxylic acid groups (broad SMARTS) is 1. The second kappa shape index (κ2) is 8.39. The molecule has 0 spiro atoms. The molecule has 0 bridgehead atoms. The van der Waals surface area contributed by atoms with E-state index < -0.39 is 5.97 Å². The molecule has 0 aliphatic heterocycles. The van der Waals surface area contributed by atoms with Crippen molar-refractivity contribution < 1.29 is 19.1 Å². The minimum Gasteiger partial charge on any atom is -0.545 e. The van der Waals surface area contributed by atoms with Crippen molar-refractivity contribution in [3.05, 3.63) is 51.2 Å². The predicted molar refractivity (Wildman–Crippen MR) is 101 cm³/mol. The third-order valence-electron chi connectivity index (χ3n) is 3.88. The van der Waals surface area contributed by atoms with Crippen molar-refractivity contribution in [1.82, 2.24) is 0 Å². The van der Waals surface area contributed by atoms with Crippen LogP contribution in [0.4, 0.5) is 0 Å².